The standard InChI is InChI=1S/C20H20INO3/c1-20(2,3)25-19(23)22(13-14-9-5-4-6-10-14)18-17(21)15-11-7-8-12-16(15)24-18/h4-12H,13H2,1-3H3. The molecule has 0 radical (unpaired) electrons. The minimum Gasteiger partial charge on any atom is -0.443 e. The summed E-state index contributed by atoms with van der Waals surface area (Å²) >= 11 is 2.22. The Labute approximate surface area is 160 Å². The molecule has 1 heterocycles. The first-order valence-corrected chi connectivity index (χ1v) is 9.14. The summed E-state index contributed by atoms with van der Waals surface area (Å²) in [7, 11) is 0. The molecule has 0 aliphatic rings. The molecule has 0 unspecified atom stereocenters. The molecule has 2 aromatic carbocycles. The second-order valence-corrected chi connectivity index (χ2v) is 7.85. The van der Waals surface area contributed by atoms with Gasteiger partial charge in [0.25, 0.3) is 0 Å². The van der Waals surface area contributed by atoms with Gasteiger partial charge in [0.15, 0.2) is 0 Å². The van der Waals surface area contributed by atoms with Crippen molar-refractivity contribution in [2.75, 3.05) is 4.90 Å². The number of furan rings is 1. The van der Waals surface area contributed by atoms with E-state index in [0.29, 0.717) is 12.4 Å². The minimum absolute atomic E-state index is 0.381. The summed E-state index contributed by atoms with van der Waals surface area (Å²) in [4.78, 5) is 14.4. The van der Waals surface area contributed by atoms with Crippen molar-refractivity contribution in [2.24, 2.45) is 0 Å². The van der Waals surface area contributed by atoms with Crippen molar-refractivity contribution in [3.05, 3.63) is 63.7 Å². The van der Waals surface area contributed by atoms with Crippen molar-refractivity contribution >= 4 is 45.5 Å². The van der Waals surface area contributed by atoms with Crippen molar-refractivity contribution in [1.29, 1.82) is 0 Å². The van der Waals surface area contributed by atoms with E-state index in [-0.39, 0.29) is 0 Å². The third-order valence-corrected chi connectivity index (χ3v) is 4.60. The van der Waals surface area contributed by atoms with E-state index in [9.17, 15) is 4.79 Å². The Kier molecular flexibility index (Phi) is 5.03. The second kappa shape index (κ2) is 7.07. The van der Waals surface area contributed by atoms with Crippen LogP contribution in [0.1, 0.15) is 26.3 Å². The number of anilines is 1. The molecule has 1 amide bonds. The van der Waals surface area contributed by atoms with E-state index in [1.165, 1.54) is 0 Å². The summed E-state index contributed by atoms with van der Waals surface area (Å²) in [6.07, 6.45) is -0.423. The van der Waals surface area contributed by atoms with Crippen LogP contribution in [-0.4, -0.2) is 11.7 Å². The highest BCUT2D eigenvalue weighted by Gasteiger charge is 2.28. The van der Waals surface area contributed by atoms with Gasteiger partial charge in [0, 0.05) is 5.39 Å². The Morgan fingerprint density at radius 3 is 2.36 bits per heavy atom. The van der Waals surface area contributed by atoms with E-state index in [0.717, 1.165) is 20.1 Å². The highest BCUT2D eigenvalue weighted by Crippen LogP contribution is 2.35. The normalized spacial score (nSPS) is 11.5. The molecule has 0 aliphatic carbocycles. The fraction of sp³-hybridized carbons (Fsp3) is 0.250. The predicted molar refractivity (Wildman–Crippen MR) is 108 cm³/mol. The van der Waals surface area contributed by atoms with Gasteiger partial charge < -0.3 is 9.15 Å². The van der Waals surface area contributed by atoms with Crippen LogP contribution in [-0.2, 0) is 11.3 Å². The zero-order chi connectivity index (χ0) is 18.0. The van der Waals surface area contributed by atoms with Gasteiger partial charge in [-0.2, -0.15) is 0 Å². The first kappa shape index (κ1) is 17.8. The molecule has 0 atom stereocenters. The third-order valence-electron chi connectivity index (χ3n) is 3.56. The molecule has 130 valence electrons. The SMILES string of the molecule is CC(C)(C)OC(=O)N(Cc1ccccc1)c1oc2ccccc2c1I. The van der Waals surface area contributed by atoms with Gasteiger partial charge in [-0.15, -0.1) is 0 Å². The fourth-order valence-corrected chi connectivity index (χ4v) is 3.32. The van der Waals surface area contributed by atoms with Gasteiger partial charge in [0.2, 0.25) is 5.88 Å². The highest BCUT2D eigenvalue weighted by molar-refractivity contribution is 14.1. The van der Waals surface area contributed by atoms with Gasteiger partial charge in [0.05, 0.1) is 10.1 Å². The van der Waals surface area contributed by atoms with Crippen LogP contribution in [0, 0.1) is 3.57 Å². The lowest BCUT2D eigenvalue weighted by Gasteiger charge is -2.26. The van der Waals surface area contributed by atoms with E-state index in [4.69, 9.17) is 9.15 Å². The van der Waals surface area contributed by atoms with E-state index in [1.54, 1.807) is 4.90 Å². The number of ether oxygens (including phenoxy) is 1. The largest absolute Gasteiger partial charge is 0.443 e. The van der Waals surface area contributed by atoms with Crippen LogP contribution in [0.3, 0.4) is 0 Å². The first-order valence-electron chi connectivity index (χ1n) is 8.06. The van der Waals surface area contributed by atoms with Crippen molar-refractivity contribution in [3.8, 4) is 0 Å². The zero-order valence-corrected chi connectivity index (χ0v) is 16.6. The number of fused-ring (bicyclic) bond motifs is 1. The number of carbonyl (C=O) groups excluding carboxylic acids is 1. The maximum Gasteiger partial charge on any atom is 0.417 e. The molecule has 0 saturated carbocycles. The number of para-hydroxylation sites is 1. The number of rotatable bonds is 3. The van der Waals surface area contributed by atoms with Crippen molar-refractivity contribution in [2.45, 2.75) is 32.9 Å². The Morgan fingerprint density at radius 2 is 1.72 bits per heavy atom. The number of amides is 1. The van der Waals surface area contributed by atoms with E-state index in [1.807, 2.05) is 75.4 Å². The second-order valence-electron chi connectivity index (χ2n) is 6.77. The van der Waals surface area contributed by atoms with Crippen LogP contribution < -0.4 is 4.90 Å². The molecule has 1 aromatic heterocycles. The molecule has 0 fully saturated rings. The summed E-state index contributed by atoms with van der Waals surface area (Å²) in [5, 5.41) is 0.986. The Morgan fingerprint density at radius 1 is 1.08 bits per heavy atom. The number of halogens is 1. The van der Waals surface area contributed by atoms with Crippen LogP contribution in [0.15, 0.2) is 59.0 Å². The Balaban J connectivity index is 2.02. The van der Waals surface area contributed by atoms with Gasteiger partial charge in [0.1, 0.15) is 11.2 Å². The molecule has 0 bridgehead atoms. The molecule has 0 aliphatic heterocycles. The number of benzene rings is 2. The van der Waals surface area contributed by atoms with Gasteiger partial charge in [-0.25, -0.2) is 9.69 Å². The topological polar surface area (TPSA) is 42.7 Å². The first-order chi connectivity index (χ1) is 11.8. The van der Waals surface area contributed by atoms with E-state index in [2.05, 4.69) is 22.6 Å². The summed E-state index contributed by atoms with van der Waals surface area (Å²) in [6, 6.07) is 17.6. The van der Waals surface area contributed by atoms with Gasteiger partial charge >= 0.3 is 6.09 Å². The van der Waals surface area contributed by atoms with E-state index < -0.39 is 11.7 Å². The van der Waals surface area contributed by atoms with Gasteiger partial charge in [-0.1, -0.05) is 42.5 Å². The Hall–Kier alpha value is -2.02. The lowest BCUT2D eigenvalue weighted by atomic mass is 10.2. The van der Waals surface area contributed by atoms with Crippen LogP contribution in [0.4, 0.5) is 10.7 Å². The maximum absolute atomic E-state index is 12.8. The summed E-state index contributed by atoms with van der Waals surface area (Å²) < 4.78 is 12.5. The van der Waals surface area contributed by atoms with Crippen LogP contribution in [0.2, 0.25) is 0 Å². The average molecular weight is 449 g/mol. The number of hydrogen-bond acceptors (Lipinski definition) is 3. The monoisotopic (exact) mass is 449 g/mol. The lowest BCUT2D eigenvalue weighted by Crippen LogP contribution is -2.36. The minimum atomic E-state index is -0.580. The zero-order valence-electron chi connectivity index (χ0n) is 14.5. The lowest BCUT2D eigenvalue weighted by molar-refractivity contribution is 0.0571. The molecule has 0 N–H and O–H groups in total. The molecule has 0 saturated heterocycles. The molecule has 3 aromatic rings. The molecule has 3 rings (SSSR count). The smallest absolute Gasteiger partial charge is 0.417 e. The summed E-state index contributed by atoms with van der Waals surface area (Å²) in [5.74, 6) is 0.514. The molecular weight excluding hydrogens is 429 g/mol. The van der Waals surface area contributed by atoms with Crippen LogP contribution >= 0.6 is 22.6 Å². The molecule has 25 heavy (non-hydrogen) atoms. The summed E-state index contributed by atoms with van der Waals surface area (Å²) in [5.41, 5.74) is 1.18. The number of hydrogen-bond donors (Lipinski definition) is 0. The molecular formula is C20H20INO3. The predicted octanol–water partition coefficient (Wildman–Crippen LogP) is 5.98. The fourth-order valence-electron chi connectivity index (χ4n) is 2.48. The van der Waals surface area contributed by atoms with Gasteiger partial charge in [-0.3, -0.25) is 0 Å². The Bertz CT molecular complexity index is 881. The van der Waals surface area contributed by atoms with Crippen molar-refractivity contribution in [1.82, 2.24) is 0 Å². The summed E-state index contributed by atoms with van der Waals surface area (Å²) in [6.45, 7) is 5.95. The van der Waals surface area contributed by atoms with E-state index >= 15 is 0 Å². The van der Waals surface area contributed by atoms with Gasteiger partial charge in [-0.05, 0) is 61.1 Å². The third kappa shape index (κ3) is 4.15. The van der Waals surface area contributed by atoms with Crippen molar-refractivity contribution < 1.29 is 13.9 Å². The molecule has 5 heteroatoms. The molecule has 0 spiro atoms. The average Bonchev–Trinajstić information content (AvgIpc) is 2.89. The van der Waals surface area contributed by atoms with Crippen molar-refractivity contribution in [3.63, 3.8) is 0 Å². The quantitative estimate of drug-likeness (QED) is 0.462. The highest BCUT2D eigenvalue weighted by atomic mass is 127. The number of nitrogens with zero attached hydrogens (tertiary/aromatic N) is 1. The maximum atomic E-state index is 12.8. The molecule has 4 nitrogen and oxygen atoms in total. The van der Waals surface area contributed by atoms with Crippen LogP contribution in [0.5, 0.6) is 0 Å². The number of carbonyl (C=O) groups is 1. The van der Waals surface area contributed by atoms with Crippen LogP contribution in [0.25, 0.3) is 11.0 Å².